The summed E-state index contributed by atoms with van der Waals surface area (Å²) in [6.45, 7) is 1.99. The van der Waals surface area contributed by atoms with Gasteiger partial charge in [0.1, 0.15) is 0 Å². The number of hydrogen-bond acceptors (Lipinski definition) is 5. The normalized spacial score (nSPS) is 10.8. The zero-order valence-electron chi connectivity index (χ0n) is 15.7. The maximum Gasteiger partial charge on any atom is 0.283 e. The Morgan fingerprint density at radius 1 is 1.10 bits per heavy atom. The highest BCUT2D eigenvalue weighted by atomic mass is 32.2. The van der Waals surface area contributed by atoms with Gasteiger partial charge in [-0.25, -0.2) is 5.43 Å². The smallest absolute Gasteiger partial charge is 0.273 e. The van der Waals surface area contributed by atoms with E-state index in [-0.39, 0.29) is 18.0 Å². The molecule has 0 heterocycles. The fourth-order valence-electron chi connectivity index (χ4n) is 2.58. The number of amides is 1. The molecular formula is C22H19N3O3S. The van der Waals surface area contributed by atoms with E-state index in [1.165, 1.54) is 24.0 Å². The molecule has 0 fully saturated rings. The number of aryl methyl sites for hydroxylation is 1. The molecule has 7 heteroatoms. The molecule has 3 aromatic carbocycles. The van der Waals surface area contributed by atoms with Crippen LogP contribution in [0.4, 0.5) is 5.69 Å². The van der Waals surface area contributed by atoms with Crippen LogP contribution in [0, 0.1) is 17.0 Å². The third-order valence-electron chi connectivity index (χ3n) is 4.04. The van der Waals surface area contributed by atoms with Crippen molar-refractivity contribution in [3.63, 3.8) is 0 Å². The molecule has 29 heavy (non-hydrogen) atoms. The molecule has 0 aliphatic carbocycles. The van der Waals surface area contributed by atoms with E-state index < -0.39 is 4.92 Å². The predicted octanol–water partition coefficient (Wildman–Crippen LogP) is 4.75. The van der Waals surface area contributed by atoms with Crippen molar-refractivity contribution < 1.29 is 9.72 Å². The van der Waals surface area contributed by atoms with Gasteiger partial charge in [0.05, 0.1) is 22.5 Å². The van der Waals surface area contributed by atoms with E-state index in [2.05, 4.69) is 10.5 Å². The number of hydrazone groups is 1. The molecule has 3 rings (SSSR count). The molecule has 0 aliphatic heterocycles. The van der Waals surface area contributed by atoms with Gasteiger partial charge >= 0.3 is 0 Å². The van der Waals surface area contributed by atoms with Crippen LogP contribution in [0.1, 0.15) is 16.7 Å². The first-order valence-electron chi connectivity index (χ1n) is 8.90. The third-order valence-corrected chi connectivity index (χ3v) is 5.11. The minimum atomic E-state index is -0.415. The number of carbonyl (C=O) groups excluding carboxylic acids is 1. The van der Waals surface area contributed by atoms with Crippen LogP contribution in [-0.2, 0) is 11.2 Å². The first-order valence-corrected chi connectivity index (χ1v) is 9.72. The monoisotopic (exact) mass is 405 g/mol. The zero-order chi connectivity index (χ0) is 20.6. The van der Waals surface area contributed by atoms with E-state index in [1.807, 2.05) is 61.5 Å². The van der Waals surface area contributed by atoms with Crippen LogP contribution in [-0.4, -0.2) is 17.0 Å². The van der Waals surface area contributed by atoms with Crippen molar-refractivity contribution in [1.82, 2.24) is 5.43 Å². The van der Waals surface area contributed by atoms with Crippen LogP contribution in [0.25, 0.3) is 0 Å². The third kappa shape index (κ3) is 6.02. The van der Waals surface area contributed by atoms with Crippen molar-refractivity contribution in [2.75, 3.05) is 0 Å². The number of carbonyl (C=O) groups is 1. The second-order valence-corrected chi connectivity index (χ2v) is 7.47. The van der Waals surface area contributed by atoms with Crippen molar-refractivity contribution in [1.29, 1.82) is 0 Å². The summed E-state index contributed by atoms with van der Waals surface area (Å²) in [7, 11) is 0. The van der Waals surface area contributed by atoms with Crippen LogP contribution in [0.15, 0.2) is 87.7 Å². The number of nitro groups is 1. The molecule has 0 saturated carbocycles. The second kappa shape index (κ2) is 9.66. The van der Waals surface area contributed by atoms with Crippen molar-refractivity contribution in [3.05, 3.63) is 99.6 Å². The molecule has 0 spiro atoms. The summed E-state index contributed by atoms with van der Waals surface area (Å²) < 4.78 is 0. The number of benzene rings is 3. The summed E-state index contributed by atoms with van der Waals surface area (Å²) in [5.74, 6) is -0.256. The average molecular weight is 405 g/mol. The highest BCUT2D eigenvalue weighted by Gasteiger charge is 2.15. The number of nitrogens with one attached hydrogen (secondary N) is 1. The maximum absolute atomic E-state index is 11.9. The highest BCUT2D eigenvalue weighted by Crippen LogP contribution is 2.35. The standard InChI is InChI=1S/C22H19N3O3S/c1-16-7-10-19(11-8-16)29-21-12-9-18(13-20(21)25(27)28)15-23-24-22(26)14-17-5-3-2-4-6-17/h2-13,15H,14H2,1H3,(H,24,26)/b23-15+. The van der Waals surface area contributed by atoms with E-state index in [4.69, 9.17) is 0 Å². The van der Waals surface area contributed by atoms with Crippen molar-refractivity contribution in [2.24, 2.45) is 5.10 Å². The first kappa shape index (κ1) is 20.3. The molecule has 146 valence electrons. The zero-order valence-corrected chi connectivity index (χ0v) is 16.6. The predicted molar refractivity (Wildman–Crippen MR) is 114 cm³/mol. The number of hydrogen-bond donors (Lipinski definition) is 1. The molecule has 0 bridgehead atoms. The SMILES string of the molecule is Cc1ccc(Sc2ccc(/C=N/NC(=O)Cc3ccccc3)cc2[N+](=O)[O-])cc1. The van der Waals surface area contributed by atoms with E-state index in [1.54, 1.807) is 12.1 Å². The first-order chi connectivity index (χ1) is 14.0. The van der Waals surface area contributed by atoms with E-state index in [0.717, 1.165) is 16.0 Å². The van der Waals surface area contributed by atoms with Gasteiger partial charge in [0.2, 0.25) is 5.91 Å². The largest absolute Gasteiger partial charge is 0.283 e. The lowest BCUT2D eigenvalue weighted by Crippen LogP contribution is -2.19. The van der Waals surface area contributed by atoms with E-state index >= 15 is 0 Å². The topological polar surface area (TPSA) is 84.6 Å². The van der Waals surface area contributed by atoms with Crippen LogP contribution >= 0.6 is 11.8 Å². The van der Waals surface area contributed by atoms with Crippen LogP contribution in [0.5, 0.6) is 0 Å². The summed E-state index contributed by atoms with van der Waals surface area (Å²) >= 11 is 1.33. The van der Waals surface area contributed by atoms with Crippen molar-refractivity contribution in [3.8, 4) is 0 Å². The van der Waals surface area contributed by atoms with E-state index in [0.29, 0.717) is 10.5 Å². The summed E-state index contributed by atoms with van der Waals surface area (Å²) in [6, 6.07) is 22.0. The quantitative estimate of drug-likeness (QED) is 0.349. The van der Waals surface area contributed by atoms with Crippen molar-refractivity contribution in [2.45, 2.75) is 23.1 Å². The van der Waals surface area contributed by atoms with Gasteiger partial charge in [0, 0.05) is 16.5 Å². The van der Waals surface area contributed by atoms with Gasteiger partial charge in [-0.3, -0.25) is 14.9 Å². The average Bonchev–Trinajstić information content (AvgIpc) is 2.71. The number of rotatable bonds is 7. The lowest BCUT2D eigenvalue weighted by atomic mass is 10.1. The lowest BCUT2D eigenvalue weighted by molar-refractivity contribution is -0.387. The Bertz CT molecular complexity index is 1030. The molecule has 3 aromatic rings. The summed E-state index contributed by atoms with van der Waals surface area (Å²) in [5.41, 5.74) is 4.98. The summed E-state index contributed by atoms with van der Waals surface area (Å²) in [6.07, 6.45) is 1.61. The fraction of sp³-hybridized carbons (Fsp3) is 0.0909. The Labute approximate surface area is 172 Å². The molecule has 0 aromatic heterocycles. The van der Waals surface area contributed by atoms with Crippen LogP contribution in [0.3, 0.4) is 0 Å². The minimum Gasteiger partial charge on any atom is -0.273 e. The molecule has 1 amide bonds. The second-order valence-electron chi connectivity index (χ2n) is 6.35. The van der Waals surface area contributed by atoms with Gasteiger partial charge in [-0.1, -0.05) is 65.9 Å². The Kier molecular flexibility index (Phi) is 6.76. The molecule has 0 radical (unpaired) electrons. The van der Waals surface area contributed by atoms with E-state index in [9.17, 15) is 14.9 Å². The van der Waals surface area contributed by atoms with Gasteiger partial charge in [0.15, 0.2) is 0 Å². The molecule has 0 saturated heterocycles. The molecule has 0 unspecified atom stereocenters. The summed E-state index contributed by atoms with van der Waals surface area (Å²) in [5, 5.41) is 15.4. The van der Waals surface area contributed by atoms with Gasteiger partial charge < -0.3 is 0 Å². The van der Waals surface area contributed by atoms with Gasteiger partial charge in [-0.15, -0.1) is 0 Å². The van der Waals surface area contributed by atoms with Crippen LogP contribution < -0.4 is 5.43 Å². The van der Waals surface area contributed by atoms with Gasteiger partial charge in [-0.05, 0) is 30.7 Å². The summed E-state index contributed by atoms with van der Waals surface area (Å²) in [4.78, 5) is 24.5. The molecule has 0 aliphatic rings. The highest BCUT2D eigenvalue weighted by molar-refractivity contribution is 7.99. The molecular weight excluding hydrogens is 386 g/mol. The molecule has 6 nitrogen and oxygen atoms in total. The maximum atomic E-state index is 11.9. The molecule has 0 atom stereocenters. The van der Waals surface area contributed by atoms with Gasteiger partial charge in [-0.2, -0.15) is 5.10 Å². The lowest BCUT2D eigenvalue weighted by Gasteiger charge is -2.05. The fourth-order valence-corrected chi connectivity index (χ4v) is 3.48. The van der Waals surface area contributed by atoms with Crippen molar-refractivity contribution >= 4 is 29.6 Å². The number of nitrogens with zero attached hydrogens (tertiary/aromatic N) is 2. The Balaban J connectivity index is 1.67. The van der Waals surface area contributed by atoms with Gasteiger partial charge in [0.25, 0.3) is 5.69 Å². The molecule has 1 N–H and O–H groups in total. The number of nitro benzene ring substituents is 1. The minimum absolute atomic E-state index is 0.00450. The Morgan fingerprint density at radius 3 is 2.52 bits per heavy atom. The Morgan fingerprint density at radius 2 is 1.83 bits per heavy atom. The van der Waals surface area contributed by atoms with Crippen LogP contribution in [0.2, 0.25) is 0 Å². The Hall–Kier alpha value is -3.45.